The van der Waals surface area contributed by atoms with Crippen LogP contribution >= 0.6 is 0 Å². The van der Waals surface area contributed by atoms with Crippen LogP contribution in [-0.2, 0) is 4.74 Å². The van der Waals surface area contributed by atoms with Crippen molar-refractivity contribution in [1.29, 1.82) is 0 Å². The van der Waals surface area contributed by atoms with Crippen molar-refractivity contribution in [3.8, 4) is 0 Å². The summed E-state index contributed by atoms with van der Waals surface area (Å²) >= 11 is 0. The van der Waals surface area contributed by atoms with E-state index in [1.165, 1.54) is 43.7 Å². The summed E-state index contributed by atoms with van der Waals surface area (Å²) in [6.45, 7) is 6.86. The zero-order valence-electron chi connectivity index (χ0n) is 11.3. The van der Waals surface area contributed by atoms with Crippen molar-refractivity contribution < 1.29 is 4.74 Å². The number of rotatable bonds is 6. The second-order valence-corrected chi connectivity index (χ2v) is 4.72. The summed E-state index contributed by atoms with van der Waals surface area (Å²) in [5.41, 5.74) is 2.53. The standard InChI is InChI=1S/C15H24N2O/c1-2-18-13-10-16-14-6-8-15(9-7-14)17-11-4-3-5-12-17/h6-9,16H,2-5,10-13H2,1H3. The van der Waals surface area contributed by atoms with Crippen molar-refractivity contribution in [2.45, 2.75) is 26.2 Å². The van der Waals surface area contributed by atoms with Crippen LogP contribution < -0.4 is 10.2 Å². The topological polar surface area (TPSA) is 24.5 Å². The van der Waals surface area contributed by atoms with Crippen molar-refractivity contribution in [3.05, 3.63) is 24.3 Å². The van der Waals surface area contributed by atoms with Crippen LogP contribution in [0.1, 0.15) is 26.2 Å². The van der Waals surface area contributed by atoms with Gasteiger partial charge in [0.25, 0.3) is 0 Å². The van der Waals surface area contributed by atoms with Crippen molar-refractivity contribution >= 4 is 11.4 Å². The number of benzene rings is 1. The summed E-state index contributed by atoms with van der Waals surface area (Å²) in [5.74, 6) is 0. The van der Waals surface area contributed by atoms with Crippen molar-refractivity contribution in [1.82, 2.24) is 0 Å². The lowest BCUT2D eigenvalue weighted by Gasteiger charge is -2.28. The average molecular weight is 248 g/mol. The smallest absolute Gasteiger partial charge is 0.0638 e. The third kappa shape index (κ3) is 3.91. The predicted molar refractivity (Wildman–Crippen MR) is 77.5 cm³/mol. The molecule has 0 spiro atoms. The van der Waals surface area contributed by atoms with Gasteiger partial charge in [0.1, 0.15) is 0 Å². The number of nitrogens with one attached hydrogen (secondary N) is 1. The Labute approximate surface area is 110 Å². The minimum Gasteiger partial charge on any atom is -0.383 e. The van der Waals surface area contributed by atoms with Gasteiger partial charge in [-0.3, -0.25) is 0 Å². The molecule has 100 valence electrons. The molecule has 0 bridgehead atoms. The van der Waals surface area contributed by atoms with Crippen LogP contribution in [0.4, 0.5) is 11.4 Å². The van der Waals surface area contributed by atoms with Gasteiger partial charge in [0.2, 0.25) is 0 Å². The molecule has 0 atom stereocenters. The highest BCUT2D eigenvalue weighted by Gasteiger charge is 2.10. The van der Waals surface area contributed by atoms with E-state index in [0.29, 0.717) is 0 Å². The second-order valence-electron chi connectivity index (χ2n) is 4.72. The fourth-order valence-electron chi connectivity index (χ4n) is 2.35. The monoisotopic (exact) mass is 248 g/mol. The fraction of sp³-hybridized carbons (Fsp3) is 0.600. The molecule has 1 heterocycles. The number of ether oxygens (including phenoxy) is 1. The molecule has 0 unspecified atom stereocenters. The third-order valence-corrected chi connectivity index (χ3v) is 3.37. The van der Waals surface area contributed by atoms with Gasteiger partial charge in [0, 0.05) is 37.6 Å². The van der Waals surface area contributed by atoms with Gasteiger partial charge >= 0.3 is 0 Å². The summed E-state index contributed by atoms with van der Waals surface area (Å²) in [5, 5.41) is 3.37. The quantitative estimate of drug-likeness (QED) is 0.783. The first-order chi connectivity index (χ1) is 8.90. The zero-order valence-corrected chi connectivity index (χ0v) is 11.3. The highest BCUT2D eigenvalue weighted by Crippen LogP contribution is 2.21. The maximum atomic E-state index is 5.30. The lowest BCUT2D eigenvalue weighted by Crippen LogP contribution is -2.29. The lowest BCUT2D eigenvalue weighted by molar-refractivity contribution is 0.158. The normalized spacial score (nSPS) is 15.7. The summed E-state index contributed by atoms with van der Waals surface area (Å²) < 4.78 is 5.30. The molecule has 2 rings (SSSR count). The Balaban J connectivity index is 1.81. The molecule has 1 saturated heterocycles. The molecule has 0 amide bonds. The maximum Gasteiger partial charge on any atom is 0.0638 e. The van der Waals surface area contributed by atoms with Crippen LogP contribution in [0.3, 0.4) is 0 Å². The highest BCUT2D eigenvalue weighted by atomic mass is 16.5. The molecule has 1 aromatic carbocycles. The first-order valence-electron chi connectivity index (χ1n) is 7.07. The molecular weight excluding hydrogens is 224 g/mol. The Hall–Kier alpha value is -1.22. The first-order valence-corrected chi connectivity index (χ1v) is 7.07. The lowest BCUT2D eigenvalue weighted by atomic mass is 10.1. The molecule has 1 aliphatic heterocycles. The van der Waals surface area contributed by atoms with E-state index in [-0.39, 0.29) is 0 Å². The van der Waals surface area contributed by atoms with Gasteiger partial charge in [-0.05, 0) is 50.5 Å². The van der Waals surface area contributed by atoms with Crippen LogP contribution in [0, 0.1) is 0 Å². The average Bonchev–Trinajstić information content (AvgIpc) is 2.45. The number of hydrogen-bond acceptors (Lipinski definition) is 3. The van der Waals surface area contributed by atoms with Gasteiger partial charge in [-0.15, -0.1) is 0 Å². The summed E-state index contributed by atoms with van der Waals surface area (Å²) in [7, 11) is 0. The highest BCUT2D eigenvalue weighted by molar-refractivity contribution is 5.55. The van der Waals surface area contributed by atoms with Gasteiger partial charge in [-0.2, -0.15) is 0 Å². The Morgan fingerprint density at radius 2 is 1.83 bits per heavy atom. The minimum atomic E-state index is 0.768. The van der Waals surface area contributed by atoms with E-state index in [9.17, 15) is 0 Å². The number of anilines is 2. The van der Waals surface area contributed by atoms with E-state index in [4.69, 9.17) is 4.74 Å². The Morgan fingerprint density at radius 3 is 2.50 bits per heavy atom. The molecule has 18 heavy (non-hydrogen) atoms. The molecule has 1 aliphatic rings. The maximum absolute atomic E-state index is 5.30. The molecule has 1 fully saturated rings. The van der Waals surface area contributed by atoms with Gasteiger partial charge < -0.3 is 15.0 Å². The van der Waals surface area contributed by atoms with Crippen LogP contribution in [-0.4, -0.2) is 32.8 Å². The van der Waals surface area contributed by atoms with Crippen molar-refractivity contribution in [3.63, 3.8) is 0 Å². The van der Waals surface area contributed by atoms with Crippen molar-refractivity contribution in [2.24, 2.45) is 0 Å². The SMILES string of the molecule is CCOCCNc1ccc(N2CCCCC2)cc1. The predicted octanol–water partition coefficient (Wildman–Crippen LogP) is 3.13. The zero-order chi connectivity index (χ0) is 12.6. The molecule has 0 radical (unpaired) electrons. The molecular formula is C15H24N2O. The molecule has 1 N–H and O–H groups in total. The van der Waals surface area contributed by atoms with Crippen LogP contribution in [0.15, 0.2) is 24.3 Å². The number of nitrogens with zero attached hydrogens (tertiary/aromatic N) is 1. The summed E-state index contributed by atoms with van der Waals surface area (Å²) in [4.78, 5) is 2.48. The van der Waals surface area contributed by atoms with Crippen LogP contribution in [0.25, 0.3) is 0 Å². The number of hydrogen-bond donors (Lipinski definition) is 1. The van der Waals surface area contributed by atoms with Gasteiger partial charge in [0.05, 0.1) is 6.61 Å². The summed E-state index contributed by atoms with van der Waals surface area (Å²) in [6.07, 6.45) is 4.04. The molecule has 1 aromatic rings. The van der Waals surface area contributed by atoms with E-state index in [1.54, 1.807) is 0 Å². The third-order valence-electron chi connectivity index (χ3n) is 3.37. The molecule has 3 heteroatoms. The molecule has 0 aliphatic carbocycles. The molecule has 0 saturated carbocycles. The van der Waals surface area contributed by atoms with E-state index in [2.05, 4.69) is 34.5 Å². The van der Waals surface area contributed by atoms with E-state index < -0.39 is 0 Å². The van der Waals surface area contributed by atoms with Crippen molar-refractivity contribution in [2.75, 3.05) is 43.1 Å². The second kappa shape index (κ2) is 7.27. The summed E-state index contributed by atoms with van der Waals surface area (Å²) in [6, 6.07) is 8.76. The fourth-order valence-corrected chi connectivity index (χ4v) is 2.35. The molecule has 3 nitrogen and oxygen atoms in total. The Morgan fingerprint density at radius 1 is 1.11 bits per heavy atom. The Kier molecular flexibility index (Phi) is 5.34. The van der Waals surface area contributed by atoms with E-state index in [0.717, 1.165) is 19.8 Å². The number of piperidine rings is 1. The van der Waals surface area contributed by atoms with Crippen LogP contribution in [0.2, 0.25) is 0 Å². The van der Waals surface area contributed by atoms with Gasteiger partial charge in [-0.1, -0.05) is 0 Å². The van der Waals surface area contributed by atoms with Gasteiger partial charge in [-0.25, -0.2) is 0 Å². The largest absolute Gasteiger partial charge is 0.383 e. The minimum absolute atomic E-state index is 0.768. The molecule has 0 aromatic heterocycles. The Bertz CT molecular complexity index is 331. The van der Waals surface area contributed by atoms with E-state index in [1.807, 2.05) is 6.92 Å². The van der Waals surface area contributed by atoms with E-state index >= 15 is 0 Å². The van der Waals surface area contributed by atoms with Crippen LogP contribution in [0.5, 0.6) is 0 Å². The van der Waals surface area contributed by atoms with Gasteiger partial charge in [0.15, 0.2) is 0 Å². The first kappa shape index (κ1) is 13.2.